The molecule has 0 fully saturated rings. The third-order valence-electron chi connectivity index (χ3n) is 3.51. The largest absolute Gasteiger partial charge is 0.278 e. The molecule has 4 heteroatoms. The SMILES string of the molecule is Cc1cc2cn[nH]c2cc1-c1n[nH]c2ccccc12. The maximum absolute atomic E-state index is 4.46. The average molecular weight is 248 g/mol. The van der Waals surface area contributed by atoms with Crippen LogP contribution in [0.25, 0.3) is 33.1 Å². The molecular formula is C15H12N4. The van der Waals surface area contributed by atoms with E-state index in [4.69, 9.17) is 0 Å². The zero-order chi connectivity index (χ0) is 12.8. The number of hydrogen-bond acceptors (Lipinski definition) is 2. The maximum atomic E-state index is 4.46. The number of fused-ring (bicyclic) bond motifs is 2. The molecule has 2 aromatic carbocycles. The lowest BCUT2D eigenvalue weighted by atomic mass is 10.0. The van der Waals surface area contributed by atoms with Crippen LogP contribution in [0.2, 0.25) is 0 Å². The molecule has 0 aliphatic heterocycles. The lowest BCUT2D eigenvalue weighted by Crippen LogP contribution is -1.85. The molecule has 4 aromatic rings. The van der Waals surface area contributed by atoms with Gasteiger partial charge in [0.2, 0.25) is 0 Å². The molecule has 92 valence electrons. The van der Waals surface area contributed by atoms with Crippen LogP contribution >= 0.6 is 0 Å². The smallest absolute Gasteiger partial charge is 0.100 e. The Labute approximate surface area is 109 Å². The highest BCUT2D eigenvalue weighted by Gasteiger charge is 2.11. The summed E-state index contributed by atoms with van der Waals surface area (Å²) in [4.78, 5) is 0. The van der Waals surface area contributed by atoms with E-state index < -0.39 is 0 Å². The van der Waals surface area contributed by atoms with Crippen molar-refractivity contribution in [3.05, 3.63) is 48.2 Å². The Balaban J connectivity index is 2.05. The number of para-hydroxylation sites is 1. The van der Waals surface area contributed by atoms with Crippen LogP contribution in [0, 0.1) is 6.92 Å². The summed E-state index contributed by atoms with van der Waals surface area (Å²) in [5, 5.41) is 16.9. The third kappa shape index (κ3) is 1.46. The molecule has 19 heavy (non-hydrogen) atoms. The Bertz CT molecular complexity index is 885. The Morgan fingerprint density at radius 3 is 2.84 bits per heavy atom. The van der Waals surface area contributed by atoms with Crippen molar-refractivity contribution in [2.45, 2.75) is 6.92 Å². The first kappa shape index (κ1) is 10.3. The summed E-state index contributed by atoms with van der Waals surface area (Å²) < 4.78 is 0. The van der Waals surface area contributed by atoms with E-state index in [1.54, 1.807) is 0 Å². The number of H-pyrrole nitrogens is 2. The van der Waals surface area contributed by atoms with Crippen molar-refractivity contribution < 1.29 is 0 Å². The van der Waals surface area contributed by atoms with Gasteiger partial charge in [-0.2, -0.15) is 10.2 Å². The summed E-state index contributed by atoms with van der Waals surface area (Å²) in [5.41, 5.74) is 5.42. The maximum Gasteiger partial charge on any atom is 0.100 e. The minimum Gasteiger partial charge on any atom is -0.278 e. The fourth-order valence-electron chi connectivity index (χ4n) is 2.53. The molecular weight excluding hydrogens is 236 g/mol. The van der Waals surface area contributed by atoms with Gasteiger partial charge < -0.3 is 0 Å². The molecule has 0 saturated carbocycles. The number of aromatic nitrogens is 4. The van der Waals surface area contributed by atoms with Crippen LogP contribution in [-0.2, 0) is 0 Å². The predicted octanol–water partition coefficient (Wildman–Crippen LogP) is 3.41. The quantitative estimate of drug-likeness (QED) is 0.542. The second-order valence-electron chi connectivity index (χ2n) is 4.74. The second-order valence-corrected chi connectivity index (χ2v) is 4.74. The summed E-state index contributed by atoms with van der Waals surface area (Å²) in [6.07, 6.45) is 1.84. The Morgan fingerprint density at radius 1 is 1.00 bits per heavy atom. The van der Waals surface area contributed by atoms with E-state index in [9.17, 15) is 0 Å². The third-order valence-corrected chi connectivity index (χ3v) is 3.51. The zero-order valence-corrected chi connectivity index (χ0v) is 10.4. The Morgan fingerprint density at radius 2 is 1.89 bits per heavy atom. The molecule has 0 saturated heterocycles. The van der Waals surface area contributed by atoms with Crippen molar-refractivity contribution in [1.82, 2.24) is 20.4 Å². The Hall–Kier alpha value is -2.62. The van der Waals surface area contributed by atoms with Gasteiger partial charge in [-0.25, -0.2) is 0 Å². The summed E-state index contributed by atoms with van der Waals surface area (Å²) in [6.45, 7) is 2.10. The highest BCUT2D eigenvalue weighted by molar-refractivity contribution is 5.96. The van der Waals surface area contributed by atoms with Gasteiger partial charge in [0.25, 0.3) is 0 Å². The molecule has 0 radical (unpaired) electrons. The first-order chi connectivity index (χ1) is 9.33. The molecule has 0 aliphatic carbocycles. The number of aromatic amines is 2. The molecule has 0 aliphatic rings. The van der Waals surface area contributed by atoms with Crippen LogP contribution in [0.3, 0.4) is 0 Å². The molecule has 4 rings (SSSR count). The van der Waals surface area contributed by atoms with Gasteiger partial charge in [-0.1, -0.05) is 18.2 Å². The first-order valence-corrected chi connectivity index (χ1v) is 6.20. The van der Waals surface area contributed by atoms with Gasteiger partial charge in [-0.3, -0.25) is 10.2 Å². The van der Waals surface area contributed by atoms with Gasteiger partial charge in [-0.15, -0.1) is 0 Å². The van der Waals surface area contributed by atoms with Gasteiger partial charge in [0.1, 0.15) is 5.69 Å². The van der Waals surface area contributed by atoms with E-state index in [1.165, 1.54) is 5.56 Å². The molecule has 0 spiro atoms. The number of aryl methyl sites for hydroxylation is 1. The lowest BCUT2D eigenvalue weighted by Gasteiger charge is -2.03. The summed E-state index contributed by atoms with van der Waals surface area (Å²) in [7, 11) is 0. The molecule has 0 bridgehead atoms. The molecule has 4 nitrogen and oxygen atoms in total. The normalized spacial score (nSPS) is 11.4. The van der Waals surface area contributed by atoms with Gasteiger partial charge in [0.05, 0.1) is 17.2 Å². The van der Waals surface area contributed by atoms with Crippen LogP contribution in [0.5, 0.6) is 0 Å². The number of benzene rings is 2. The van der Waals surface area contributed by atoms with Crippen molar-refractivity contribution in [3.63, 3.8) is 0 Å². The van der Waals surface area contributed by atoms with E-state index in [-0.39, 0.29) is 0 Å². The van der Waals surface area contributed by atoms with Crippen molar-refractivity contribution in [1.29, 1.82) is 0 Å². The van der Waals surface area contributed by atoms with E-state index >= 15 is 0 Å². The van der Waals surface area contributed by atoms with Crippen LogP contribution in [0.15, 0.2) is 42.6 Å². The van der Waals surface area contributed by atoms with E-state index in [1.807, 2.05) is 24.4 Å². The van der Waals surface area contributed by atoms with Crippen molar-refractivity contribution in [3.8, 4) is 11.3 Å². The number of nitrogens with zero attached hydrogens (tertiary/aromatic N) is 2. The van der Waals surface area contributed by atoms with E-state index in [2.05, 4.69) is 45.5 Å². The molecule has 0 amide bonds. The lowest BCUT2D eigenvalue weighted by molar-refractivity contribution is 1.11. The van der Waals surface area contributed by atoms with E-state index in [0.717, 1.165) is 33.1 Å². The van der Waals surface area contributed by atoms with Gasteiger partial charge in [-0.05, 0) is 30.7 Å². The minimum absolute atomic E-state index is 0.990. The minimum atomic E-state index is 0.990. The molecule has 0 atom stereocenters. The van der Waals surface area contributed by atoms with Gasteiger partial charge >= 0.3 is 0 Å². The summed E-state index contributed by atoms with van der Waals surface area (Å²) in [5.74, 6) is 0. The topological polar surface area (TPSA) is 57.4 Å². The monoisotopic (exact) mass is 248 g/mol. The van der Waals surface area contributed by atoms with Crippen molar-refractivity contribution in [2.24, 2.45) is 0 Å². The van der Waals surface area contributed by atoms with Crippen molar-refractivity contribution in [2.75, 3.05) is 0 Å². The van der Waals surface area contributed by atoms with Crippen molar-refractivity contribution >= 4 is 21.8 Å². The van der Waals surface area contributed by atoms with Gasteiger partial charge in [0.15, 0.2) is 0 Å². The first-order valence-electron chi connectivity index (χ1n) is 6.20. The average Bonchev–Trinajstić information content (AvgIpc) is 3.03. The highest BCUT2D eigenvalue weighted by Crippen LogP contribution is 2.30. The molecule has 2 aromatic heterocycles. The molecule has 2 heterocycles. The standard InChI is InChI=1S/C15H12N4/c1-9-6-10-8-16-17-14(10)7-12(9)15-11-4-2-3-5-13(11)18-19-15/h2-8H,1H3,(H,16,17)(H,18,19). The van der Waals surface area contributed by atoms with Crippen LogP contribution in [0.4, 0.5) is 0 Å². The fraction of sp³-hybridized carbons (Fsp3) is 0.0667. The number of nitrogens with one attached hydrogen (secondary N) is 2. The zero-order valence-electron chi connectivity index (χ0n) is 10.4. The van der Waals surface area contributed by atoms with Crippen LogP contribution in [0.1, 0.15) is 5.56 Å². The predicted molar refractivity (Wildman–Crippen MR) is 75.9 cm³/mol. The summed E-state index contributed by atoms with van der Waals surface area (Å²) in [6, 6.07) is 12.4. The number of hydrogen-bond donors (Lipinski definition) is 2. The van der Waals surface area contributed by atoms with Crippen LogP contribution < -0.4 is 0 Å². The fourth-order valence-corrected chi connectivity index (χ4v) is 2.53. The number of rotatable bonds is 1. The Kier molecular flexibility index (Phi) is 2.00. The van der Waals surface area contributed by atoms with Crippen LogP contribution in [-0.4, -0.2) is 20.4 Å². The molecule has 2 N–H and O–H groups in total. The van der Waals surface area contributed by atoms with E-state index in [0.29, 0.717) is 0 Å². The second kappa shape index (κ2) is 3.68. The van der Waals surface area contributed by atoms with Gasteiger partial charge in [0, 0.05) is 16.3 Å². The molecule has 0 unspecified atom stereocenters. The highest BCUT2D eigenvalue weighted by atomic mass is 15.1. The summed E-state index contributed by atoms with van der Waals surface area (Å²) >= 11 is 0.